The largest absolute Gasteiger partial charge is 0.326 e. The van der Waals surface area contributed by atoms with Gasteiger partial charge in [0.15, 0.2) is 0 Å². The second-order valence-corrected chi connectivity index (χ2v) is 8.62. The summed E-state index contributed by atoms with van der Waals surface area (Å²) in [6.45, 7) is 5.26. The zero-order valence-electron chi connectivity index (χ0n) is 18.3. The lowest BCUT2D eigenvalue weighted by molar-refractivity contribution is -0.120. The average molecular weight is 434 g/mol. The first kappa shape index (κ1) is 21.5. The Hall–Kier alpha value is -3.68. The van der Waals surface area contributed by atoms with Gasteiger partial charge in [-0.2, -0.15) is 0 Å². The van der Waals surface area contributed by atoms with Crippen LogP contribution in [-0.4, -0.2) is 40.7 Å². The minimum Gasteiger partial charge on any atom is -0.326 e. The molecule has 0 radical (unpaired) electrons. The van der Waals surface area contributed by atoms with Crippen LogP contribution in [0.25, 0.3) is 0 Å². The quantitative estimate of drug-likeness (QED) is 0.755. The van der Waals surface area contributed by atoms with Crippen molar-refractivity contribution in [1.82, 2.24) is 4.90 Å². The molecule has 0 aromatic heterocycles. The van der Waals surface area contributed by atoms with E-state index in [0.717, 1.165) is 0 Å². The van der Waals surface area contributed by atoms with E-state index in [1.807, 2.05) is 20.8 Å². The molecule has 1 unspecified atom stereocenters. The highest BCUT2D eigenvalue weighted by Crippen LogP contribution is 2.43. The Morgan fingerprint density at radius 3 is 2.28 bits per heavy atom. The molecule has 1 atom stereocenters. The fourth-order valence-electron chi connectivity index (χ4n) is 4.21. The molecule has 32 heavy (non-hydrogen) atoms. The van der Waals surface area contributed by atoms with Crippen molar-refractivity contribution in [3.05, 3.63) is 54.1 Å². The monoisotopic (exact) mass is 434 g/mol. The van der Waals surface area contributed by atoms with Crippen LogP contribution in [0.15, 0.2) is 48.5 Å². The van der Waals surface area contributed by atoms with E-state index in [0.29, 0.717) is 35.5 Å². The number of carbonyl (C=O) groups is 4. The van der Waals surface area contributed by atoms with Crippen LogP contribution in [0.4, 0.5) is 17.1 Å². The number of hydrogen-bond donors (Lipinski definition) is 2. The summed E-state index contributed by atoms with van der Waals surface area (Å²) >= 11 is 0. The third kappa shape index (κ3) is 3.72. The molecule has 1 fully saturated rings. The molecule has 4 rings (SSSR count). The molecule has 166 valence electrons. The Morgan fingerprint density at radius 1 is 1.00 bits per heavy atom. The molecule has 2 aliphatic heterocycles. The van der Waals surface area contributed by atoms with E-state index in [9.17, 15) is 19.2 Å². The van der Waals surface area contributed by atoms with Gasteiger partial charge in [-0.1, -0.05) is 26.0 Å². The lowest BCUT2D eigenvalue weighted by Gasteiger charge is -2.48. The van der Waals surface area contributed by atoms with E-state index in [4.69, 9.17) is 0 Å². The lowest BCUT2D eigenvalue weighted by Crippen LogP contribution is -2.63. The van der Waals surface area contributed by atoms with Gasteiger partial charge in [-0.3, -0.25) is 24.1 Å². The number of carbonyl (C=O) groups excluding carboxylic acids is 4. The van der Waals surface area contributed by atoms with Crippen molar-refractivity contribution in [2.24, 2.45) is 5.92 Å². The number of nitrogens with zero attached hydrogens (tertiary/aromatic N) is 2. The van der Waals surface area contributed by atoms with Crippen LogP contribution in [0, 0.1) is 5.92 Å². The van der Waals surface area contributed by atoms with Crippen molar-refractivity contribution >= 4 is 40.7 Å². The van der Waals surface area contributed by atoms with Crippen molar-refractivity contribution in [2.45, 2.75) is 39.3 Å². The smallest absolute Gasteiger partial charge is 0.258 e. The van der Waals surface area contributed by atoms with Crippen LogP contribution in [0.5, 0.6) is 0 Å². The Morgan fingerprint density at radius 2 is 1.62 bits per heavy atom. The second kappa shape index (κ2) is 8.11. The van der Waals surface area contributed by atoms with Crippen molar-refractivity contribution in [1.29, 1.82) is 0 Å². The van der Waals surface area contributed by atoms with Crippen LogP contribution in [0.3, 0.4) is 0 Å². The molecule has 2 aromatic rings. The fourth-order valence-corrected chi connectivity index (χ4v) is 4.21. The normalized spacial score (nSPS) is 19.6. The minimum atomic E-state index is -0.884. The first-order valence-corrected chi connectivity index (χ1v) is 10.7. The van der Waals surface area contributed by atoms with Gasteiger partial charge in [-0.05, 0) is 49.7 Å². The fraction of sp³-hybridized carbons (Fsp3) is 0.333. The predicted octanol–water partition coefficient (Wildman–Crippen LogP) is 3.22. The molecule has 0 spiro atoms. The van der Waals surface area contributed by atoms with E-state index < -0.39 is 5.66 Å². The SMILES string of the molecule is CC(C)C(=O)Nc1ccc(NC(=O)CN2C(=O)c3ccccc3N3C(=O)CCC23C)cc1. The van der Waals surface area contributed by atoms with Gasteiger partial charge in [0, 0.05) is 23.7 Å². The maximum Gasteiger partial charge on any atom is 0.258 e. The summed E-state index contributed by atoms with van der Waals surface area (Å²) in [7, 11) is 0. The first-order chi connectivity index (χ1) is 15.2. The molecule has 2 N–H and O–H groups in total. The van der Waals surface area contributed by atoms with Crippen molar-refractivity contribution < 1.29 is 19.2 Å². The van der Waals surface area contributed by atoms with Gasteiger partial charge in [-0.25, -0.2) is 0 Å². The summed E-state index contributed by atoms with van der Waals surface area (Å²) in [6.07, 6.45) is 0.781. The zero-order valence-corrected chi connectivity index (χ0v) is 18.3. The van der Waals surface area contributed by atoms with Crippen molar-refractivity contribution in [3.8, 4) is 0 Å². The van der Waals surface area contributed by atoms with Crippen molar-refractivity contribution in [2.75, 3.05) is 22.1 Å². The highest BCUT2D eigenvalue weighted by atomic mass is 16.2. The predicted molar refractivity (Wildman–Crippen MR) is 121 cm³/mol. The van der Waals surface area contributed by atoms with E-state index in [1.54, 1.807) is 53.4 Å². The summed E-state index contributed by atoms with van der Waals surface area (Å²) in [6, 6.07) is 13.8. The number of anilines is 3. The maximum absolute atomic E-state index is 13.2. The molecule has 4 amide bonds. The number of rotatable bonds is 5. The molecule has 0 saturated carbocycles. The van der Waals surface area contributed by atoms with Gasteiger partial charge in [0.25, 0.3) is 5.91 Å². The zero-order chi connectivity index (χ0) is 23.0. The van der Waals surface area contributed by atoms with E-state index in [-0.39, 0.29) is 36.1 Å². The molecular formula is C24H26N4O4. The standard InChI is InChI=1S/C24H26N4O4/c1-15(2)22(31)26-17-10-8-16(9-11-17)25-20(29)14-27-23(32)18-6-4-5-7-19(18)28-21(30)12-13-24(27,28)3/h4-11,15H,12-14H2,1-3H3,(H,25,29)(H,26,31). The number of hydrogen-bond acceptors (Lipinski definition) is 4. The van der Waals surface area contributed by atoms with Gasteiger partial charge < -0.3 is 15.5 Å². The van der Waals surface area contributed by atoms with E-state index >= 15 is 0 Å². The van der Waals surface area contributed by atoms with E-state index in [1.165, 1.54) is 4.90 Å². The topological polar surface area (TPSA) is 98.8 Å². The molecular weight excluding hydrogens is 408 g/mol. The summed E-state index contributed by atoms with van der Waals surface area (Å²) < 4.78 is 0. The lowest BCUT2D eigenvalue weighted by atomic mass is 9.98. The molecule has 1 saturated heterocycles. The van der Waals surface area contributed by atoms with Crippen LogP contribution < -0.4 is 15.5 Å². The Balaban J connectivity index is 1.50. The molecule has 0 aliphatic carbocycles. The van der Waals surface area contributed by atoms with Gasteiger partial charge in [-0.15, -0.1) is 0 Å². The van der Waals surface area contributed by atoms with Crippen LogP contribution in [0.1, 0.15) is 44.0 Å². The second-order valence-electron chi connectivity index (χ2n) is 8.62. The summed E-state index contributed by atoms with van der Waals surface area (Å²) in [5.41, 5.74) is 1.31. The number of benzene rings is 2. The first-order valence-electron chi connectivity index (χ1n) is 10.7. The van der Waals surface area contributed by atoms with Crippen LogP contribution >= 0.6 is 0 Å². The Labute approximate surface area is 186 Å². The minimum absolute atomic E-state index is 0.0584. The average Bonchev–Trinajstić information content (AvgIpc) is 3.08. The van der Waals surface area contributed by atoms with Crippen molar-refractivity contribution in [3.63, 3.8) is 0 Å². The highest BCUT2D eigenvalue weighted by molar-refractivity contribution is 6.11. The van der Waals surface area contributed by atoms with E-state index in [2.05, 4.69) is 10.6 Å². The number of nitrogens with one attached hydrogen (secondary N) is 2. The summed E-state index contributed by atoms with van der Waals surface area (Å²) in [4.78, 5) is 53.6. The molecule has 2 aliphatic rings. The summed E-state index contributed by atoms with van der Waals surface area (Å²) in [5.74, 6) is -0.912. The summed E-state index contributed by atoms with van der Waals surface area (Å²) in [5, 5.41) is 5.59. The van der Waals surface area contributed by atoms with Gasteiger partial charge in [0.05, 0.1) is 11.3 Å². The number of amides is 4. The third-order valence-electron chi connectivity index (χ3n) is 6.01. The van der Waals surface area contributed by atoms with Gasteiger partial charge >= 0.3 is 0 Å². The highest BCUT2D eigenvalue weighted by Gasteiger charge is 2.53. The van der Waals surface area contributed by atoms with Crippen LogP contribution in [-0.2, 0) is 14.4 Å². The molecule has 8 nitrogen and oxygen atoms in total. The molecule has 8 heteroatoms. The van der Waals surface area contributed by atoms with Gasteiger partial charge in [0.2, 0.25) is 17.7 Å². The van der Waals surface area contributed by atoms with Crippen LogP contribution in [0.2, 0.25) is 0 Å². The molecule has 2 heterocycles. The number of para-hydroxylation sites is 1. The number of fused-ring (bicyclic) bond motifs is 3. The van der Waals surface area contributed by atoms with Gasteiger partial charge in [0.1, 0.15) is 12.2 Å². The Bertz CT molecular complexity index is 1100. The molecule has 2 aromatic carbocycles. The Kier molecular flexibility index (Phi) is 5.46. The molecule has 0 bridgehead atoms. The third-order valence-corrected chi connectivity index (χ3v) is 6.01. The maximum atomic E-state index is 13.2.